The summed E-state index contributed by atoms with van der Waals surface area (Å²) in [5.41, 5.74) is -0.0365. The van der Waals surface area contributed by atoms with Crippen LogP contribution in [0.15, 0.2) is 66.7 Å². The van der Waals surface area contributed by atoms with Gasteiger partial charge in [-0.25, -0.2) is 4.79 Å². The number of aromatic carboxylic acids is 1. The zero-order valence-corrected chi connectivity index (χ0v) is 20.4. The van der Waals surface area contributed by atoms with E-state index in [-0.39, 0.29) is 29.5 Å². The van der Waals surface area contributed by atoms with Gasteiger partial charge in [0.05, 0.1) is 28.7 Å². The molecule has 0 aromatic heterocycles. The second-order valence-corrected chi connectivity index (χ2v) is 9.25. The molecule has 0 saturated heterocycles. The first-order valence-electron chi connectivity index (χ1n) is 12.1. The first kappa shape index (κ1) is 25.7. The Bertz CT molecular complexity index is 1270. The normalized spacial score (nSPS) is 17.0. The largest absolute Gasteiger partial charge is 0.490 e. The number of carbonyl (C=O) groups excluding carboxylic acids is 1. The van der Waals surface area contributed by atoms with Crippen molar-refractivity contribution < 1.29 is 29.1 Å². The number of nitrogens with zero attached hydrogens (tertiary/aromatic N) is 1. The number of nitrogens with one attached hydrogen (secondary N) is 1. The predicted octanol–water partition coefficient (Wildman–Crippen LogP) is 6.22. The highest BCUT2D eigenvalue weighted by Gasteiger charge is 2.20. The van der Waals surface area contributed by atoms with Crippen molar-refractivity contribution in [3.8, 4) is 17.2 Å². The van der Waals surface area contributed by atoms with Gasteiger partial charge in [0.15, 0.2) is 0 Å². The summed E-state index contributed by atoms with van der Waals surface area (Å²) >= 11 is 0. The number of nitro benzene ring substituents is 1. The maximum Gasteiger partial charge on any atom is 0.338 e. The number of rotatable bonds is 9. The molecule has 2 N–H and O–H groups in total. The van der Waals surface area contributed by atoms with E-state index in [9.17, 15) is 24.8 Å². The minimum absolute atomic E-state index is 0.00604. The summed E-state index contributed by atoms with van der Waals surface area (Å²) in [5, 5.41) is 22.7. The molecule has 37 heavy (non-hydrogen) atoms. The number of non-ortho nitro benzene ring substituents is 1. The summed E-state index contributed by atoms with van der Waals surface area (Å²) in [6.07, 6.45) is 4.88. The van der Waals surface area contributed by atoms with Crippen LogP contribution in [0.1, 0.15) is 48.5 Å². The lowest BCUT2D eigenvalue weighted by molar-refractivity contribution is -0.384. The number of benzene rings is 3. The zero-order valence-electron chi connectivity index (χ0n) is 20.4. The third kappa shape index (κ3) is 7.07. The van der Waals surface area contributed by atoms with Gasteiger partial charge < -0.3 is 19.9 Å². The van der Waals surface area contributed by atoms with Gasteiger partial charge in [0.25, 0.3) is 5.69 Å². The van der Waals surface area contributed by atoms with E-state index in [2.05, 4.69) is 12.2 Å². The molecule has 0 heterocycles. The highest BCUT2D eigenvalue weighted by Crippen LogP contribution is 2.29. The van der Waals surface area contributed by atoms with E-state index in [1.165, 1.54) is 18.9 Å². The van der Waals surface area contributed by atoms with Crippen LogP contribution in [-0.2, 0) is 11.2 Å². The molecule has 1 aliphatic carbocycles. The van der Waals surface area contributed by atoms with Crippen LogP contribution in [0.5, 0.6) is 17.2 Å². The monoisotopic (exact) mass is 504 g/mol. The van der Waals surface area contributed by atoms with Crippen molar-refractivity contribution in [1.82, 2.24) is 0 Å². The van der Waals surface area contributed by atoms with E-state index in [1.54, 1.807) is 24.3 Å². The van der Waals surface area contributed by atoms with Crippen molar-refractivity contribution in [2.24, 2.45) is 5.92 Å². The fraction of sp³-hybridized carbons (Fsp3) is 0.286. The van der Waals surface area contributed by atoms with Crippen molar-refractivity contribution in [2.75, 3.05) is 5.32 Å². The van der Waals surface area contributed by atoms with Crippen LogP contribution in [0, 0.1) is 16.0 Å². The molecule has 0 bridgehead atoms. The molecule has 2 atom stereocenters. The fourth-order valence-electron chi connectivity index (χ4n) is 4.39. The van der Waals surface area contributed by atoms with Crippen molar-refractivity contribution >= 4 is 23.3 Å². The molecule has 1 saturated carbocycles. The summed E-state index contributed by atoms with van der Waals surface area (Å²) in [6, 6.07) is 17.7. The topological polar surface area (TPSA) is 128 Å². The van der Waals surface area contributed by atoms with Gasteiger partial charge in [0.1, 0.15) is 17.2 Å². The van der Waals surface area contributed by atoms with Gasteiger partial charge in [0.2, 0.25) is 5.91 Å². The first-order valence-corrected chi connectivity index (χ1v) is 12.1. The average molecular weight is 505 g/mol. The molecule has 192 valence electrons. The molecular formula is C28H28N2O7. The van der Waals surface area contributed by atoms with Gasteiger partial charge >= 0.3 is 5.97 Å². The quantitative estimate of drug-likeness (QED) is 0.261. The maximum atomic E-state index is 12.5. The fourth-order valence-corrected chi connectivity index (χ4v) is 4.39. The van der Waals surface area contributed by atoms with Gasteiger partial charge in [-0.1, -0.05) is 25.5 Å². The third-order valence-electron chi connectivity index (χ3n) is 6.26. The van der Waals surface area contributed by atoms with E-state index < -0.39 is 16.8 Å². The molecule has 1 amide bonds. The summed E-state index contributed by atoms with van der Waals surface area (Å²) < 4.78 is 12.0. The lowest BCUT2D eigenvalue weighted by Gasteiger charge is -2.27. The van der Waals surface area contributed by atoms with Crippen molar-refractivity contribution in [2.45, 2.75) is 45.1 Å². The first-order chi connectivity index (χ1) is 17.8. The number of carboxylic acid groups (broad SMARTS) is 1. The number of carboxylic acids is 1. The lowest BCUT2D eigenvalue weighted by Crippen LogP contribution is -2.23. The molecule has 9 heteroatoms. The van der Waals surface area contributed by atoms with Crippen LogP contribution in [0.25, 0.3) is 0 Å². The molecule has 1 aliphatic rings. The second-order valence-electron chi connectivity index (χ2n) is 9.25. The minimum Gasteiger partial charge on any atom is -0.490 e. The Kier molecular flexibility index (Phi) is 8.02. The summed E-state index contributed by atoms with van der Waals surface area (Å²) in [4.78, 5) is 34.1. The zero-order chi connectivity index (χ0) is 26.4. The molecule has 3 aromatic carbocycles. The molecule has 4 rings (SSSR count). The number of nitro groups is 1. The molecule has 3 aromatic rings. The van der Waals surface area contributed by atoms with Crippen LogP contribution in [0.4, 0.5) is 11.4 Å². The Balaban J connectivity index is 1.31. The average Bonchev–Trinajstić information content (AvgIpc) is 2.86. The molecular weight excluding hydrogens is 476 g/mol. The lowest BCUT2D eigenvalue weighted by atomic mass is 9.89. The van der Waals surface area contributed by atoms with Gasteiger partial charge in [-0.2, -0.15) is 0 Å². The highest BCUT2D eigenvalue weighted by molar-refractivity contribution is 6.01. The molecule has 2 unspecified atom stereocenters. The molecule has 1 fully saturated rings. The van der Waals surface area contributed by atoms with E-state index in [4.69, 9.17) is 9.47 Å². The molecule has 0 radical (unpaired) electrons. The Labute approximate surface area is 214 Å². The van der Waals surface area contributed by atoms with E-state index in [1.807, 2.05) is 24.3 Å². The highest BCUT2D eigenvalue weighted by atomic mass is 16.6. The summed E-state index contributed by atoms with van der Waals surface area (Å²) in [7, 11) is 0. The van der Waals surface area contributed by atoms with Gasteiger partial charge in [-0.3, -0.25) is 14.9 Å². The third-order valence-corrected chi connectivity index (χ3v) is 6.26. The minimum atomic E-state index is -1.37. The number of ether oxygens (including phenoxy) is 2. The van der Waals surface area contributed by atoms with Crippen LogP contribution < -0.4 is 14.8 Å². The van der Waals surface area contributed by atoms with Crippen LogP contribution in [-0.4, -0.2) is 28.0 Å². The Morgan fingerprint density at radius 3 is 2.27 bits per heavy atom. The van der Waals surface area contributed by atoms with Crippen molar-refractivity contribution in [1.29, 1.82) is 0 Å². The Morgan fingerprint density at radius 1 is 1.00 bits per heavy atom. The molecule has 0 aliphatic heterocycles. The van der Waals surface area contributed by atoms with Crippen LogP contribution in [0.3, 0.4) is 0 Å². The smallest absolute Gasteiger partial charge is 0.338 e. The standard InChI is InChI=1S/C28H28N2O7/c1-18-3-2-4-24(15-18)37-23-12-10-22(11-13-23)36-21-8-5-19(6-9-21)16-27(31)29-26-14-7-20(30(34)35)17-25(26)28(32)33/h5-14,17-18,24H,2-4,15-16H2,1H3,(H,29,31)(H,32,33). The molecule has 9 nitrogen and oxygen atoms in total. The molecule has 0 spiro atoms. The Hall–Kier alpha value is -4.40. The predicted molar refractivity (Wildman–Crippen MR) is 137 cm³/mol. The van der Waals surface area contributed by atoms with Gasteiger partial charge in [-0.05, 0) is 73.2 Å². The maximum absolute atomic E-state index is 12.5. The van der Waals surface area contributed by atoms with E-state index in [0.717, 1.165) is 30.7 Å². The number of hydrogen-bond acceptors (Lipinski definition) is 6. The van der Waals surface area contributed by atoms with E-state index in [0.29, 0.717) is 23.0 Å². The van der Waals surface area contributed by atoms with Gasteiger partial charge in [0, 0.05) is 12.1 Å². The SMILES string of the molecule is CC1CCCC(Oc2ccc(Oc3ccc(CC(=O)Nc4ccc([N+](=O)[O-])cc4C(=O)O)cc3)cc2)C1. The second kappa shape index (κ2) is 11.6. The number of carbonyl (C=O) groups is 2. The van der Waals surface area contributed by atoms with Gasteiger partial charge in [-0.15, -0.1) is 0 Å². The number of anilines is 1. The van der Waals surface area contributed by atoms with Crippen molar-refractivity contribution in [3.05, 3.63) is 88.0 Å². The van der Waals surface area contributed by atoms with Crippen LogP contribution >= 0.6 is 0 Å². The summed E-state index contributed by atoms with van der Waals surface area (Å²) in [6.45, 7) is 2.26. The van der Waals surface area contributed by atoms with Crippen molar-refractivity contribution in [3.63, 3.8) is 0 Å². The van der Waals surface area contributed by atoms with Crippen LogP contribution in [0.2, 0.25) is 0 Å². The van der Waals surface area contributed by atoms with E-state index >= 15 is 0 Å². The number of hydrogen-bond donors (Lipinski definition) is 2. The number of amides is 1. The summed E-state index contributed by atoms with van der Waals surface area (Å²) in [5.74, 6) is 0.958. The Morgan fingerprint density at radius 2 is 1.65 bits per heavy atom.